The van der Waals surface area contributed by atoms with Gasteiger partial charge in [-0.2, -0.15) is 0 Å². The molecule has 0 bridgehead atoms. The molecular formula is C8H9ClO. The molecule has 1 nitrogen and oxygen atoms in total. The molecule has 2 heteroatoms. The average Bonchev–Trinajstić information content (AvgIpc) is 1.94. The van der Waals surface area contributed by atoms with Gasteiger partial charge in [0.1, 0.15) is 6.29 Å². The summed E-state index contributed by atoms with van der Waals surface area (Å²) in [5, 5.41) is 0.00361. The molecule has 1 unspecified atom stereocenters. The zero-order chi connectivity index (χ0) is 7.56. The summed E-state index contributed by atoms with van der Waals surface area (Å²) in [6, 6.07) is 0. The number of rotatable bonds is 1. The number of carbonyl (C=O) groups is 1. The van der Waals surface area contributed by atoms with Crippen LogP contribution in [-0.2, 0) is 4.79 Å². The Morgan fingerprint density at radius 3 is 3.00 bits per heavy atom. The molecule has 10 heavy (non-hydrogen) atoms. The lowest BCUT2D eigenvalue weighted by atomic mass is 10.00. The summed E-state index contributed by atoms with van der Waals surface area (Å²) < 4.78 is 0. The van der Waals surface area contributed by atoms with Gasteiger partial charge in [0, 0.05) is 0 Å². The maximum atomic E-state index is 10.4. The van der Waals surface area contributed by atoms with E-state index < -0.39 is 0 Å². The van der Waals surface area contributed by atoms with E-state index in [4.69, 9.17) is 11.6 Å². The van der Waals surface area contributed by atoms with E-state index >= 15 is 0 Å². The van der Waals surface area contributed by atoms with Gasteiger partial charge in [0.05, 0.1) is 5.38 Å². The van der Waals surface area contributed by atoms with Crippen molar-refractivity contribution in [2.45, 2.75) is 18.7 Å². The van der Waals surface area contributed by atoms with Crippen LogP contribution in [0.2, 0.25) is 0 Å². The van der Waals surface area contributed by atoms with Crippen LogP contribution in [0.5, 0.6) is 0 Å². The fourth-order valence-electron chi connectivity index (χ4n) is 0.936. The monoisotopic (exact) mass is 156 g/mol. The van der Waals surface area contributed by atoms with Gasteiger partial charge in [0.25, 0.3) is 0 Å². The number of alkyl halides is 1. The second-order valence-electron chi connectivity index (χ2n) is 2.41. The molecule has 0 aromatic rings. The smallest absolute Gasteiger partial charge is 0.146 e. The molecule has 0 aromatic carbocycles. The van der Waals surface area contributed by atoms with Crippen LogP contribution < -0.4 is 0 Å². The Kier molecular flexibility index (Phi) is 2.28. The number of carbonyl (C=O) groups excluding carboxylic acids is 1. The Hall–Kier alpha value is -0.560. The highest BCUT2D eigenvalue weighted by Gasteiger charge is 2.10. The molecule has 0 heterocycles. The van der Waals surface area contributed by atoms with Crippen LogP contribution in [0.25, 0.3) is 0 Å². The van der Waals surface area contributed by atoms with Crippen molar-refractivity contribution < 1.29 is 4.79 Å². The highest BCUT2D eigenvalue weighted by atomic mass is 35.5. The summed E-state index contributed by atoms with van der Waals surface area (Å²) in [6.45, 7) is 1.92. The number of hydrogen-bond donors (Lipinski definition) is 0. The zero-order valence-corrected chi connectivity index (χ0v) is 6.56. The number of allylic oxidation sites excluding steroid dienone is 4. The molecule has 0 saturated carbocycles. The van der Waals surface area contributed by atoms with Gasteiger partial charge in [-0.25, -0.2) is 0 Å². The van der Waals surface area contributed by atoms with Gasteiger partial charge >= 0.3 is 0 Å². The van der Waals surface area contributed by atoms with E-state index in [0.29, 0.717) is 6.42 Å². The second kappa shape index (κ2) is 3.02. The summed E-state index contributed by atoms with van der Waals surface area (Å²) in [4.78, 5) is 10.4. The maximum absolute atomic E-state index is 10.4. The summed E-state index contributed by atoms with van der Waals surface area (Å²) in [5.74, 6) is 0. The second-order valence-corrected chi connectivity index (χ2v) is 2.97. The molecule has 0 radical (unpaired) electrons. The molecule has 0 spiro atoms. The topological polar surface area (TPSA) is 17.1 Å². The van der Waals surface area contributed by atoms with Crippen LogP contribution in [0.15, 0.2) is 23.3 Å². The quantitative estimate of drug-likeness (QED) is 0.420. The van der Waals surface area contributed by atoms with E-state index in [1.807, 2.05) is 19.1 Å². The SMILES string of the molecule is CC1=C(C=O)CC(Cl)C=C1. The van der Waals surface area contributed by atoms with E-state index in [9.17, 15) is 4.79 Å². The Balaban J connectivity index is 2.83. The molecule has 1 atom stereocenters. The van der Waals surface area contributed by atoms with Gasteiger partial charge in [-0.15, -0.1) is 11.6 Å². The third kappa shape index (κ3) is 1.48. The summed E-state index contributed by atoms with van der Waals surface area (Å²) >= 11 is 5.78. The van der Waals surface area contributed by atoms with E-state index in [1.54, 1.807) is 0 Å². The van der Waals surface area contributed by atoms with Crippen molar-refractivity contribution in [1.29, 1.82) is 0 Å². The first-order chi connectivity index (χ1) is 4.74. The van der Waals surface area contributed by atoms with Crippen molar-refractivity contribution in [3.63, 3.8) is 0 Å². The van der Waals surface area contributed by atoms with Gasteiger partial charge in [0.2, 0.25) is 0 Å². The molecule has 0 aromatic heterocycles. The Morgan fingerprint density at radius 2 is 2.50 bits per heavy atom. The molecule has 0 aliphatic heterocycles. The van der Waals surface area contributed by atoms with Crippen molar-refractivity contribution in [2.75, 3.05) is 0 Å². The normalized spacial score (nSPS) is 25.2. The van der Waals surface area contributed by atoms with Gasteiger partial charge in [0.15, 0.2) is 0 Å². The average molecular weight is 157 g/mol. The van der Waals surface area contributed by atoms with Crippen LogP contribution >= 0.6 is 11.6 Å². The summed E-state index contributed by atoms with van der Waals surface area (Å²) in [7, 11) is 0. The van der Waals surface area contributed by atoms with Crippen LogP contribution in [0.1, 0.15) is 13.3 Å². The Bertz CT molecular complexity index is 203. The number of halogens is 1. The minimum absolute atomic E-state index is 0.00361. The van der Waals surface area contributed by atoms with E-state index in [-0.39, 0.29) is 5.38 Å². The predicted octanol–water partition coefficient (Wildman–Crippen LogP) is 2.07. The largest absolute Gasteiger partial charge is 0.298 e. The van der Waals surface area contributed by atoms with Crippen molar-refractivity contribution in [3.8, 4) is 0 Å². The van der Waals surface area contributed by atoms with Crippen molar-refractivity contribution in [2.24, 2.45) is 0 Å². The zero-order valence-electron chi connectivity index (χ0n) is 5.80. The standard InChI is InChI=1S/C8H9ClO/c1-6-2-3-8(9)4-7(6)5-10/h2-3,5,8H,4H2,1H3. The molecule has 0 fully saturated rings. The van der Waals surface area contributed by atoms with Gasteiger partial charge in [-0.1, -0.05) is 12.2 Å². The molecule has 1 rings (SSSR count). The lowest BCUT2D eigenvalue weighted by molar-refractivity contribution is -0.105. The first-order valence-corrected chi connectivity index (χ1v) is 3.65. The van der Waals surface area contributed by atoms with Crippen LogP contribution in [0, 0.1) is 0 Å². The lowest BCUT2D eigenvalue weighted by Gasteiger charge is -2.10. The van der Waals surface area contributed by atoms with Crippen molar-refractivity contribution >= 4 is 17.9 Å². The van der Waals surface area contributed by atoms with Crippen LogP contribution in [-0.4, -0.2) is 11.7 Å². The van der Waals surface area contributed by atoms with Crippen molar-refractivity contribution in [3.05, 3.63) is 23.3 Å². The summed E-state index contributed by atoms with van der Waals surface area (Å²) in [6.07, 6.45) is 5.36. The fourth-order valence-corrected chi connectivity index (χ4v) is 1.17. The Labute approximate surface area is 65.4 Å². The lowest BCUT2D eigenvalue weighted by Crippen LogP contribution is -2.03. The predicted molar refractivity (Wildman–Crippen MR) is 42.2 cm³/mol. The molecule has 1 aliphatic rings. The van der Waals surface area contributed by atoms with Gasteiger partial charge in [-0.05, 0) is 24.5 Å². The first-order valence-electron chi connectivity index (χ1n) is 3.21. The minimum Gasteiger partial charge on any atom is -0.298 e. The molecular weight excluding hydrogens is 148 g/mol. The Morgan fingerprint density at radius 1 is 1.80 bits per heavy atom. The molecule has 0 amide bonds. The van der Waals surface area contributed by atoms with Gasteiger partial charge < -0.3 is 0 Å². The number of aldehydes is 1. The van der Waals surface area contributed by atoms with E-state index in [0.717, 1.165) is 17.4 Å². The fraction of sp³-hybridized carbons (Fsp3) is 0.375. The van der Waals surface area contributed by atoms with E-state index in [1.165, 1.54) is 0 Å². The van der Waals surface area contributed by atoms with Crippen molar-refractivity contribution in [1.82, 2.24) is 0 Å². The third-order valence-corrected chi connectivity index (χ3v) is 1.92. The first kappa shape index (κ1) is 7.55. The molecule has 1 aliphatic carbocycles. The third-order valence-electron chi connectivity index (χ3n) is 1.62. The van der Waals surface area contributed by atoms with Gasteiger partial charge in [-0.3, -0.25) is 4.79 Å². The molecule has 54 valence electrons. The molecule has 0 saturated heterocycles. The highest BCUT2D eigenvalue weighted by Crippen LogP contribution is 2.20. The molecule has 0 N–H and O–H groups in total. The van der Waals surface area contributed by atoms with E-state index in [2.05, 4.69) is 0 Å². The maximum Gasteiger partial charge on any atom is 0.146 e. The van der Waals surface area contributed by atoms with Crippen LogP contribution in [0.4, 0.5) is 0 Å². The summed E-state index contributed by atoms with van der Waals surface area (Å²) in [5.41, 5.74) is 1.86. The highest BCUT2D eigenvalue weighted by molar-refractivity contribution is 6.22. The van der Waals surface area contributed by atoms with Crippen LogP contribution in [0.3, 0.4) is 0 Å². The minimum atomic E-state index is 0.00361. The number of hydrogen-bond acceptors (Lipinski definition) is 1.